The topological polar surface area (TPSA) is 66.0 Å². The average Bonchev–Trinajstić information content (AvgIpc) is 2.33. The molecule has 1 aliphatic rings. The molecule has 1 saturated heterocycles. The molecule has 0 aromatic rings. The Balaban J connectivity index is 2.64. The molecule has 1 rings (SSSR count). The minimum atomic E-state index is -0.457. The molecule has 2 atom stereocenters. The van der Waals surface area contributed by atoms with Crippen molar-refractivity contribution < 1.29 is 9.53 Å². The Morgan fingerprint density at radius 3 is 2.50 bits per heavy atom. The fraction of sp³-hybridized carbons (Fsp3) is 0.857. The molecule has 1 aliphatic heterocycles. The lowest BCUT2D eigenvalue weighted by molar-refractivity contribution is 0.0145. The van der Waals surface area contributed by atoms with Crippen molar-refractivity contribution in [3.63, 3.8) is 0 Å². The number of carbonyl (C=O) groups is 1. The van der Waals surface area contributed by atoms with Crippen LogP contribution in [0.1, 0.15) is 34.1 Å². The maximum Gasteiger partial charge on any atom is 0.410 e. The highest BCUT2D eigenvalue weighted by molar-refractivity contribution is 5.79. The van der Waals surface area contributed by atoms with Crippen molar-refractivity contribution in [2.75, 3.05) is 27.2 Å². The quantitative estimate of drug-likeness (QED) is 0.565. The van der Waals surface area contributed by atoms with E-state index >= 15 is 0 Å². The third kappa shape index (κ3) is 5.27. The number of piperidine rings is 1. The largest absolute Gasteiger partial charge is 0.444 e. The van der Waals surface area contributed by atoms with Gasteiger partial charge in [0.15, 0.2) is 5.96 Å². The number of ether oxygens (including phenoxy) is 1. The van der Waals surface area contributed by atoms with Gasteiger partial charge in [-0.15, -0.1) is 0 Å². The molecule has 0 saturated carbocycles. The second kappa shape index (κ2) is 6.81. The zero-order valence-electron chi connectivity index (χ0n) is 13.5. The molecule has 0 unspecified atom stereocenters. The van der Waals surface area contributed by atoms with Crippen LogP contribution in [0, 0.1) is 5.92 Å². The Hall–Kier alpha value is -1.46. The van der Waals surface area contributed by atoms with E-state index in [-0.39, 0.29) is 12.1 Å². The van der Waals surface area contributed by atoms with Crippen molar-refractivity contribution >= 4 is 12.1 Å². The monoisotopic (exact) mass is 284 g/mol. The van der Waals surface area contributed by atoms with Gasteiger partial charge < -0.3 is 20.3 Å². The number of likely N-dealkylation sites (tertiary alicyclic amines) is 1. The highest BCUT2D eigenvalue weighted by Gasteiger charge is 2.31. The van der Waals surface area contributed by atoms with E-state index in [0.717, 1.165) is 18.9 Å². The smallest absolute Gasteiger partial charge is 0.410 e. The van der Waals surface area contributed by atoms with E-state index in [2.05, 4.69) is 22.5 Å². The summed E-state index contributed by atoms with van der Waals surface area (Å²) in [6, 6.07) is 0.192. The Morgan fingerprint density at radius 1 is 1.35 bits per heavy atom. The highest BCUT2D eigenvalue weighted by atomic mass is 16.6. The van der Waals surface area contributed by atoms with Crippen molar-refractivity contribution in [3.05, 3.63) is 0 Å². The molecule has 1 amide bonds. The average molecular weight is 284 g/mol. The number of hydrogen-bond donors (Lipinski definition) is 2. The molecule has 0 radical (unpaired) electrons. The van der Waals surface area contributed by atoms with Gasteiger partial charge >= 0.3 is 6.09 Å². The van der Waals surface area contributed by atoms with Crippen molar-refractivity contribution in [3.8, 4) is 0 Å². The van der Waals surface area contributed by atoms with E-state index in [9.17, 15) is 4.79 Å². The summed E-state index contributed by atoms with van der Waals surface area (Å²) < 4.78 is 5.44. The summed E-state index contributed by atoms with van der Waals surface area (Å²) >= 11 is 0. The maximum atomic E-state index is 12.2. The molecule has 6 nitrogen and oxygen atoms in total. The molecule has 116 valence electrons. The molecule has 0 aromatic carbocycles. The van der Waals surface area contributed by atoms with Crippen LogP contribution in [0.3, 0.4) is 0 Å². The number of hydrogen-bond acceptors (Lipinski definition) is 3. The molecule has 2 N–H and O–H groups in total. The summed E-state index contributed by atoms with van der Waals surface area (Å²) in [6.07, 6.45) is 0.773. The SMILES string of the molecule is CN=C(NC)N[C@H]1C[C@@H](C)CN(C(=O)OC(C)(C)C)C1. The standard InChI is InChI=1S/C14H28N4O2/c1-10-7-11(17-12(15-5)16-6)9-18(8-10)13(19)20-14(2,3)4/h10-11H,7-9H2,1-6H3,(H2,15,16,17)/t10-,11+/m1/s1. The Bertz CT molecular complexity index is 363. The third-order valence-electron chi connectivity index (χ3n) is 3.11. The highest BCUT2D eigenvalue weighted by Crippen LogP contribution is 2.19. The number of guanidine groups is 1. The van der Waals surface area contributed by atoms with Gasteiger partial charge in [-0.3, -0.25) is 4.99 Å². The molecule has 1 heterocycles. The molecule has 0 aliphatic carbocycles. The first-order valence-corrected chi connectivity index (χ1v) is 7.14. The minimum Gasteiger partial charge on any atom is -0.444 e. The third-order valence-corrected chi connectivity index (χ3v) is 3.11. The van der Waals surface area contributed by atoms with Gasteiger partial charge in [0, 0.05) is 33.2 Å². The summed E-state index contributed by atoms with van der Waals surface area (Å²) in [5, 5.41) is 6.32. The van der Waals surface area contributed by atoms with Gasteiger partial charge in [0.1, 0.15) is 5.60 Å². The molecule has 6 heteroatoms. The molecule has 20 heavy (non-hydrogen) atoms. The second-order valence-corrected chi connectivity index (χ2v) is 6.39. The van der Waals surface area contributed by atoms with E-state index in [1.54, 1.807) is 11.9 Å². The van der Waals surface area contributed by atoms with Gasteiger partial charge in [0.2, 0.25) is 0 Å². The van der Waals surface area contributed by atoms with Crippen LogP contribution in [-0.4, -0.2) is 55.8 Å². The predicted octanol–water partition coefficient (Wildman–Crippen LogP) is 1.43. The first-order chi connectivity index (χ1) is 9.25. The Labute approximate surface area is 122 Å². The van der Waals surface area contributed by atoms with E-state index in [4.69, 9.17) is 4.74 Å². The van der Waals surface area contributed by atoms with Crippen LogP contribution in [0.2, 0.25) is 0 Å². The summed E-state index contributed by atoms with van der Waals surface area (Å²) in [5.41, 5.74) is -0.457. The van der Waals surface area contributed by atoms with Crippen LogP contribution >= 0.6 is 0 Å². The van der Waals surface area contributed by atoms with Gasteiger partial charge in [0.05, 0.1) is 0 Å². The summed E-state index contributed by atoms with van der Waals surface area (Å²) in [7, 11) is 3.56. The number of nitrogens with zero attached hydrogens (tertiary/aromatic N) is 2. The maximum absolute atomic E-state index is 12.2. The van der Waals surface area contributed by atoms with E-state index < -0.39 is 5.60 Å². The zero-order valence-corrected chi connectivity index (χ0v) is 13.5. The molecule has 1 fully saturated rings. The number of nitrogens with one attached hydrogen (secondary N) is 2. The number of amides is 1. The number of rotatable bonds is 1. The van der Waals surface area contributed by atoms with Gasteiger partial charge in [-0.25, -0.2) is 4.79 Å². The first kappa shape index (κ1) is 16.6. The summed E-state index contributed by atoms with van der Waals surface area (Å²) in [6.45, 7) is 9.18. The zero-order chi connectivity index (χ0) is 15.3. The van der Waals surface area contributed by atoms with Gasteiger partial charge in [-0.2, -0.15) is 0 Å². The van der Waals surface area contributed by atoms with E-state index in [1.807, 2.05) is 27.8 Å². The fourth-order valence-corrected chi connectivity index (χ4v) is 2.37. The van der Waals surface area contributed by atoms with Crippen LogP contribution in [-0.2, 0) is 4.74 Å². The van der Waals surface area contributed by atoms with Gasteiger partial charge in [-0.1, -0.05) is 6.92 Å². The number of aliphatic imine (C=N–C) groups is 1. The van der Waals surface area contributed by atoms with E-state index in [0.29, 0.717) is 12.5 Å². The lowest BCUT2D eigenvalue weighted by atomic mass is 9.96. The van der Waals surface area contributed by atoms with Crippen LogP contribution in [0.4, 0.5) is 4.79 Å². The van der Waals surface area contributed by atoms with Crippen LogP contribution < -0.4 is 10.6 Å². The molecule has 0 spiro atoms. The molecule has 0 aromatic heterocycles. The minimum absolute atomic E-state index is 0.192. The second-order valence-electron chi connectivity index (χ2n) is 6.39. The van der Waals surface area contributed by atoms with Crippen molar-refractivity contribution in [2.45, 2.75) is 45.8 Å². The van der Waals surface area contributed by atoms with Crippen molar-refractivity contribution in [2.24, 2.45) is 10.9 Å². The summed E-state index contributed by atoms with van der Waals surface area (Å²) in [4.78, 5) is 18.1. The van der Waals surface area contributed by atoms with Gasteiger partial charge in [-0.05, 0) is 33.1 Å². The van der Waals surface area contributed by atoms with Crippen LogP contribution in [0.15, 0.2) is 4.99 Å². The fourth-order valence-electron chi connectivity index (χ4n) is 2.37. The molecular formula is C14H28N4O2. The lowest BCUT2D eigenvalue weighted by Gasteiger charge is -2.37. The normalized spacial score (nSPS) is 24.3. The molecular weight excluding hydrogens is 256 g/mol. The predicted molar refractivity (Wildman–Crippen MR) is 80.9 cm³/mol. The number of carbonyl (C=O) groups excluding carboxylic acids is 1. The molecule has 0 bridgehead atoms. The van der Waals surface area contributed by atoms with Crippen molar-refractivity contribution in [1.29, 1.82) is 0 Å². The van der Waals surface area contributed by atoms with Crippen LogP contribution in [0.5, 0.6) is 0 Å². The first-order valence-electron chi connectivity index (χ1n) is 7.14. The Kier molecular flexibility index (Phi) is 5.65. The van der Waals surface area contributed by atoms with Crippen molar-refractivity contribution in [1.82, 2.24) is 15.5 Å². The Morgan fingerprint density at radius 2 is 2.00 bits per heavy atom. The van der Waals surface area contributed by atoms with Crippen LogP contribution in [0.25, 0.3) is 0 Å². The summed E-state index contributed by atoms with van der Waals surface area (Å²) in [5.74, 6) is 1.18. The van der Waals surface area contributed by atoms with E-state index in [1.165, 1.54) is 0 Å². The van der Waals surface area contributed by atoms with Gasteiger partial charge in [0.25, 0.3) is 0 Å². The lowest BCUT2D eigenvalue weighted by Crippen LogP contribution is -2.54.